The van der Waals surface area contributed by atoms with E-state index < -0.39 is 0 Å². The number of hydrogen-bond acceptors (Lipinski definition) is 2. The smallest absolute Gasteiger partial charge is 0.253 e. The predicted octanol–water partition coefficient (Wildman–Crippen LogP) is 7.84. The molecule has 0 bridgehead atoms. The number of amides is 1. The van der Waals surface area contributed by atoms with E-state index in [0.717, 1.165) is 48.3 Å². The number of aryl methyl sites for hydroxylation is 3. The third-order valence-corrected chi connectivity index (χ3v) is 9.53. The Morgan fingerprint density at radius 3 is 2.37 bits per heavy atom. The van der Waals surface area contributed by atoms with Crippen LogP contribution in [0.2, 0.25) is 10.0 Å². The van der Waals surface area contributed by atoms with Crippen LogP contribution in [0.4, 0.5) is 0 Å². The van der Waals surface area contributed by atoms with Crippen LogP contribution in [-0.4, -0.2) is 48.9 Å². The maximum absolute atomic E-state index is 13.4. The molecule has 38 heavy (non-hydrogen) atoms. The van der Waals surface area contributed by atoms with Crippen LogP contribution < -0.4 is 0 Å². The molecule has 0 aromatic heterocycles. The SMILES string of the molecule is Cc1cc(C)cc(C(=O)N(C)C[C@@H](CCN2CCC3(CCc4ccccc43)CC2)c2ccc(Cl)c(Cl)c2)c1. The summed E-state index contributed by atoms with van der Waals surface area (Å²) in [6.45, 7) is 7.97. The molecule has 0 saturated carbocycles. The lowest BCUT2D eigenvalue weighted by molar-refractivity contribution is 0.0780. The van der Waals surface area contributed by atoms with Crippen molar-refractivity contribution in [2.24, 2.45) is 0 Å². The van der Waals surface area contributed by atoms with Crippen molar-refractivity contribution in [2.75, 3.05) is 33.2 Å². The van der Waals surface area contributed by atoms with E-state index in [0.29, 0.717) is 22.0 Å². The summed E-state index contributed by atoms with van der Waals surface area (Å²) in [5.41, 5.74) is 7.62. The Morgan fingerprint density at radius 1 is 0.947 bits per heavy atom. The van der Waals surface area contributed by atoms with Crippen molar-refractivity contribution in [1.29, 1.82) is 0 Å². The van der Waals surface area contributed by atoms with E-state index in [1.807, 2.05) is 50.1 Å². The van der Waals surface area contributed by atoms with Crippen LogP contribution in [0.1, 0.15) is 69.8 Å². The highest BCUT2D eigenvalue weighted by molar-refractivity contribution is 6.42. The van der Waals surface area contributed by atoms with Gasteiger partial charge < -0.3 is 9.80 Å². The Hall–Kier alpha value is -2.33. The maximum Gasteiger partial charge on any atom is 0.253 e. The number of nitrogens with zero attached hydrogens (tertiary/aromatic N) is 2. The molecule has 0 radical (unpaired) electrons. The molecular weight excluding hydrogens is 511 g/mol. The van der Waals surface area contributed by atoms with E-state index >= 15 is 0 Å². The number of carbonyl (C=O) groups is 1. The van der Waals surface area contributed by atoms with Crippen LogP contribution >= 0.6 is 23.2 Å². The van der Waals surface area contributed by atoms with E-state index in [1.165, 1.54) is 25.7 Å². The minimum atomic E-state index is 0.0571. The van der Waals surface area contributed by atoms with Gasteiger partial charge in [-0.15, -0.1) is 0 Å². The van der Waals surface area contributed by atoms with Crippen molar-refractivity contribution < 1.29 is 4.79 Å². The molecule has 200 valence electrons. The van der Waals surface area contributed by atoms with Gasteiger partial charge in [-0.2, -0.15) is 0 Å². The van der Waals surface area contributed by atoms with Crippen molar-refractivity contribution in [3.05, 3.63) is 104 Å². The average Bonchev–Trinajstić information content (AvgIpc) is 3.26. The zero-order valence-electron chi connectivity index (χ0n) is 22.8. The summed E-state index contributed by atoms with van der Waals surface area (Å²) in [7, 11) is 1.91. The molecule has 0 N–H and O–H groups in total. The molecule has 1 aliphatic heterocycles. The average molecular weight is 550 g/mol. The van der Waals surface area contributed by atoms with Crippen molar-refractivity contribution in [1.82, 2.24) is 9.80 Å². The molecule has 2 aliphatic rings. The molecule has 1 saturated heterocycles. The Balaban J connectivity index is 1.27. The molecule has 3 aromatic carbocycles. The van der Waals surface area contributed by atoms with Crippen molar-refractivity contribution in [2.45, 2.75) is 57.3 Å². The summed E-state index contributed by atoms with van der Waals surface area (Å²) >= 11 is 12.7. The fourth-order valence-electron chi connectivity index (χ4n) is 6.69. The summed E-state index contributed by atoms with van der Waals surface area (Å²) in [5, 5.41) is 1.13. The first-order valence-electron chi connectivity index (χ1n) is 13.8. The third-order valence-electron chi connectivity index (χ3n) is 8.79. The second-order valence-electron chi connectivity index (χ2n) is 11.5. The molecule has 3 nitrogen and oxygen atoms in total. The largest absolute Gasteiger partial charge is 0.341 e. The van der Waals surface area contributed by atoms with E-state index in [-0.39, 0.29) is 11.8 Å². The van der Waals surface area contributed by atoms with Crippen LogP contribution in [0.25, 0.3) is 0 Å². The second-order valence-corrected chi connectivity index (χ2v) is 12.3. The zero-order valence-corrected chi connectivity index (χ0v) is 24.3. The van der Waals surface area contributed by atoms with E-state index in [2.05, 4.69) is 41.3 Å². The summed E-state index contributed by atoms with van der Waals surface area (Å²) in [5.74, 6) is 0.231. The highest BCUT2D eigenvalue weighted by atomic mass is 35.5. The first-order valence-corrected chi connectivity index (χ1v) is 14.6. The molecule has 5 heteroatoms. The van der Waals surface area contributed by atoms with E-state index in [9.17, 15) is 4.79 Å². The third kappa shape index (κ3) is 5.81. The number of halogens is 2. The predicted molar refractivity (Wildman–Crippen MR) is 159 cm³/mol. The molecule has 1 atom stereocenters. The van der Waals surface area contributed by atoms with Gasteiger partial charge in [-0.25, -0.2) is 0 Å². The molecule has 5 rings (SSSR count). The number of rotatable bonds is 7. The van der Waals surface area contributed by atoms with Crippen LogP contribution in [0.5, 0.6) is 0 Å². The molecule has 0 unspecified atom stereocenters. The van der Waals surface area contributed by atoms with Gasteiger partial charge in [0.25, 0.3) is 5.91 Å². The van der Waals surface area contributed by atoms with Crippen molar-refractivity contribution in [3.63, 3.8) is 0 Å². The number of likely N-dealkylation sites (tertiary alicyclic amines) is 1. The number of hydrogen-bond donors (Lipinski definition) is 0. The topological polar surface area (TPSA) is 23.6 Å². The molecule has 1 heterocycles. The molecule has 1 aliphatic carbocycles. The lowest BCUT2D eigenvalue weighted by atomic mass is 9.74. The van der Waals surface area contributed by atoms with Gasteiger partial charge in [0.1, 0.15) is 0 Å². The minimum Gasteiger partial charge on any atom is -0.341 e. The summed E-state index contributed by atoms with van der Waals surface area (Å²) in [6.07, 6.45) is 5.93. The molecular formula is C33H38Cl2N2O. The van der Waals surface area contributed by atoms with Gasteiger partial charge in [0.2, 0.25) is 0 Å². The molecule has 1 fully saturated rings. The lowest BCUT2D eigenvalue weighted by Gasteiger charge is -2.40. The van der Waals surface area contributed by atoms with Gasteiger partial charge in [-0.05, 0) is 112 Å². The summed E-state index contributed by atoms with van der Waals surface area (Å²) < 4.78 is 0. The normalized spacial score (nSPS) is 17.4. The number of likely N-dealkylation sites (N-methyl/N-ethyl adjacent to an activating group) is 1. The highest BCUT2D eigenvalue weighted by Gasteiger charge is 2.40. The van der Waals surface area contributed by atoms with Crippen LogP contribution in [0.3, 0.4) is 0 Å². The molecule has 3 aromatic rings. The number of carbonyl (C=O) groups excluding carboxylic acids is 1. The van der Waals surface area contributed by atoms with Gasteiger partial charge in [0.15, 0.2) is 0 Å². The van der Waals surface area contributed by atoms with E-state index in [1.54, 1.807) is 11.1 Å². The van der Waals surface area contributed by atoms with Crippen molar-refractivity contribution >= 4 is 29.1 Å². The van der Waals surface area contributed by atoms with E-state index in [4.69, 9.17) is 23.2 Å². The lowest BCUT2D eigenvalue weighted by Crippen LogP contribution is -2.42. The Morgan fingerprint density at radius 2 is 1.66 bits per heavy atom. The first-order chi connectivity index (χ1) is 18.2. The Labute approximate surface area is 237 Å². The number of piperidine rings is 1. The van der Waals surface area contributed by atoms with Crippen LogP contribution in [0.15, 0.2) is 60.7 Å². The van der Waals surface area contributed by atoms with Gasteiger partial charge in [-0.3, -0.25) is 4.79 Å². The van der Waals surface area contributed by atoms with Crippen LogP contribution in [-0.2, 0) is 11.8 Å². The first kappa shape index (κ1) is 27.2. The number of benzene rings is 3. The van der Waals surface area contributed by atoms with Gasteiger partial charge in [0.05, 0.1) is 10.0 Å². The standard InChI is InChI=1S/C33H38Cl2N2O/c1-23-18-24(2)20-28(19-23)32(38)36(3)22-27(26-8-9-30(34)31(35)21-26)11-15-37-16-13-33(14-17-37)12-10-25-6-4-5-7-29(25)33/h4-9,18-21,27H,10-17,22H2,1-3H3/t27-/m1/s1. The summed E-state index contributed by atoms with van der Waals surface area (Å²) in [4.78, 5) is 17.8. The minimum absolute atomic E-state index is 0.0571. The quantitative estimate of drug-likeness (QED) is 0.300. The van der Waals surface area contributed by atoms with Crippen LogP contribution in [0, 0.1) is 13.8 Å². The van der Waals surface area contributed by atoms with Gasteiger partial charge >= 0.3 is 0 Å². The molecule has 1 spiro atoms. The highest BCUT2D eigenvalue weighted by Crippen LogP contribution is 2.46. The molecule has 1 amide bonds. The Bertz CT molecular complexity index is 1290. The second kappa shape index (κ2) is 11.4. The van der Waals surface area contributed by atoms with Gasteiger partial charge in [0, 0.05) is 25.1 Å². The number of fused-ring (bicyclic) bond motifs is 2. The zero-order chi connectivity index (χ0) is 26.9. The van der Waals surface area contributed by atoms with Gasteiger partial charge in [-0.1, -0.05) is 70.7 Å². The fraction of sp³-hybridized carbons (Fsp3) is 0.424. The summed E-state index contributed by atoms with van der Waals surface area (Å²) in [6, 6.07) is 21.0. The maximum atomic E-state index is 13.4. The Kier molecular flexibility index (Phi) is 8.19. The van der Waals surface area contributed by atoms with Crippen molar-refractivity contribution in [3.8, 4) is 0 Å². The fourth-order valence-corrected chi connectivity index (χ4v) is 6.99. The monoisotopic (exact) mass is 548 g/mol.